The predicted molar refractivity (Wildman–Crippen MR) is 172 cm³/mol. The quantitative estimate of drug-likeness (QED) is 0.214. The van der Waals surface area contributed by atoms with Crippen molar-refractivity contribution in [2.45, 2.75) is 7.40 Å². The monoisotopic (exact) mass is 513 g/mol. The second-order valence-corrected chi connectivity index (χ2v) is 10.1. The molecule has 0 unspecified atom stereocenters. The van der Waals surface area contributed by atoms with E-state index in [1.807, 2.05) is 12.1 Å². The first-order valence-corrected chi connectivity index (χ1v) is 13.4. The fraction of sp³-hybridized carbons (Fsp3) is 0.0256. The summed E-state index contributed by atoms with van der Waals surface area (Å²) in [5.74, 6) is 0. The normalized spacial score (nSPS) is 11.5. The van der Waals surface area contributed by atoms with Gasteiger partial charge in [-0.05, 0) is 73.1 Å². The molecule has 0 saturated heterocycles. The Morgan fingerprint density at radius 3 is 1.38 bits per heavy atom. The van der Waals surface area contributed by atoms with Crippen molar-refractivity contribution in [3.05, 3.63) is 146 Å². The van der Waals surface area contributed by atoms with Crippen LogP contribution in [0.3, 0.4) is 0 Å². The molecule has 0 saturated carbocycles. The van der Waals surface area contributed by atoms with Crippen LogP contribution in [0.2, 0.25) is 0 Å². The number of para-hydroxylation sites is 1. The molecule has 40 heavy (non-hydrogen) atoms. The maximum atomic E-state index is 6.04. The summed E-state index contributed by atoms with van der Waals surface area (Å²) in [5.41, 5.74) is 9.28. The molecular weight excluding hydrogens is 484 g/mol. The van der Waals surface area contributed by atoms with Crippen molar-refractivity contribution in [2.24, 2.45) is 0 Å². The lowest BCUT2D eigenvalue weighted by atomic mass is 9.86. The van der Waals surface area contributed by atoms with Gasteiger partial charge in [-0.2, -0.15) is 0 Å². The van der Waals surface area contributed by atoms with Gasteiger partial charge in [-0.3, -0.25) is 0 Å². The van der Waals surface area contributed by atoms with Gasteiger partial charge in [0.05, 0.1) is 0 Å². The van der Waals surface area contributed by atoms with Crippen molar-refractivity contribution in [3.8, 4) is 33.4 Å². The van der Waals surface area contributed by atoms with Crippen molar-refractivity contribution in [1.29, 1.82) is 0 Å². The summed E-state index contributed by atoms with van der Waals surface area (Å²) in [4.78, 5) is 0. The third kappa shape index (κ3) is 3.71. The highest BCUT2D eigenvalue weighted by Gasteiger charge is 2.16. The highest BCUT2D eigenvalue weighted by molar-refractivity contribution is 6.21. The van der Waals surface area contributed by atoms with E-state index in [-0.39, 0.29) is 0 Å². The summed E-state index contributed by atoms with van der Waals surface area (Å²) in [5, 5.41) is 7.41. The smallest absolute Gasteiger partial charge is 0.135 e. The highest BCUT2D eigenvalue weighted by atomic mass is 16.3. The molecule has 0 fully saturated rings. The van der Waals surface area contributed by atoms with Crippen molar-refractivity contribution in [3.63, 3.8) is 0 Å². The van der Waals surface area contributed by atoms with Gasteiger partial charge >= 0.3 is 0 Å². The van der Waals surface area contributed by atoms with Gasteiger partial charge in [-0.1, -0.05) is 135 Å². The lowest BCUT2D eigenvalue weighted by Crippen LogP contribution is -1.90. The van der Waals surface area contributed by atoms with Gasteiger partial charge in [-0.25, -0.2) is 0 Å². The SMILES string of the molecule is [2H]C.c1ccc(-c2c3ccccc3c(-c3ccc(-c4ccc5oc6ccccc6c5c4)cc3)c3ccccc23)cc1. The summed E-state index contributed by atoms with van der Waals surface area (Å²) in [6, 6.07) is 52.1. The van der Waals surface area contributed by atoms with Crippen LogP contribution < -0.4 is 0 Å². The first-order valence-electron chi connectivity index (χ1n) is 14.4. The number of benzene rings is 7. The Hall–Kier alpha value is -5.14. The zero-order valence-corrected chi connectivity index (χ0v) is 22.3. The van der Waals surface area contributed by atoms with Crippen LogP contribution in [0.5, 0.6) is 0 Å². The average Bonchev–Trinajstić information content (AvgIpc) is 3.43. The average molecular weight is 514 g/mol. The molecule has 1 nitrogen and oxygen atoms in total. The Morgan fingerprint density at radius 1 is 0.350 bits per heavy atom. The number of hydrogen-bond acceptors (Lipinski definition) is 1. The predicted octanol–water partition coefficient (Wildman–Crippen LogP) is 11.5. The molecule has 190 valence electrons. The van der Waals surface area contributed by atoms with Crippen LogP contribution >= 0.6 is 0 Å². The molecule has 0 spiro atoms. The van der Waals surface area contributed by atoms with Crippen LogP contribution in [0, 0.1) is 0 Å². The molecule has 1 heteroatoms. The van der Waals surface area contributed by atoms with E-state index in [1.54, 1.807) is 0 Å². The van der Waals surface area contributed by atoms with Gasteiger partial charge in [-0.15, -0.1) is 0 Å². The zero-order valence-electron chi connectivity index (χ0n) is 23.3. The van der Waals surface area contributed by atoms with Crippen molar-refractivity contribution >= 4 is 43.5 Å². The molecule has 0 amide bonds. The fourth-order valence-corrected chi connectivity index (χ4v) is 6.09. The Kier molecular flexibility index (Phi) is 5.45. The summed E-state index contributed by atoms with van der Waals surface area (Å²) in [7, 11) is 1.25. The van der Waals surface area contributed by atoms with Crippen LogP contribution in [-0.4, -0.2) is 0 Å². The minimum Gasteiger partial charge on any atom is -0.456 e. The largest absolute Gasteiger partial charge is 0.456 e. The minimum absolute atomic E-state index is 0.924. The Bertz CT molecular complexity index is 2100. The standard InChI is InChI=1S/C38H24O.CH4/c1-2-10-26(11-3-1)37-30-13-4-6-15-32(30)38(33-16-7-5-14-31(33)37)27-20-18-25(19-21-27)28-22-23-36-34(24-28)29-12-8-9-17-35(29)39-36;/h1-24H;1H4/i;1D. The van der Waals surface area contributed by atoms with E-state index < -0.39 is 0 Å². The van der Waals surface area contributed by atoms with Gasteiger partial charge in [0.2, 0.25) is 0 Å². The second-order valence-electron chi connectivity index (χ2n) is 10.1. The minimum atomic E-state index is 0.924. The number of fused-ring (bicyclic) bond motifs is 5. The number of rotatable bonds is 3. The molecule has 0 bridgehead atoms. The van der Waals surface area contributed by atoms with Crippen LogP contribution in [0.4, 0.5) is 0 Å². The summed E-state index contributed by atoms with van der Waals surface area (Å²) in [6.07, 6.45) is 0. The van der Waals surface area contributed by atoms with Gasteiger partial charge in [0.1, 0.15) is 11.2 Å². The molecule has 0 radical (unpaired) electrons. The zero-order chi connectivity index (χ0) is 27.8. The van der Waals surface area contributed by atoms with Gasteiger partial charge in [0.15, 0.2) is 0 Å². The third-order valence-corrected chi connectivity index (χ3v) is 7.88. The van der Waals surface area contributed by atoms with Gasteiger partial charge < -0.3 is 4.42 Å². The summed E-state index contributed by atoms with van der Waals surface area (Å²) >= 11 is 0. The summed E-state index contributed by atoms with van der Waals surface area (Å²) in [6.45, 7) is 0. The molecule has 0 N–H and O–H groups in total. The molecule has 0 atom stereocenters. The van der Waals surface area contributed by atoms with E-state index in [0.29, 0.717) is 0 Å². The molecule has 7 aromatic carbocycles. The molecule has 0 aliphatic heterocycles. The lowest BCUT2D eigenvalue weighted by molar-refractivity contribution is 0.669. The molecule has 1 heterocycles. The van der Waals surface area contributed by atoms with E-state index >= 15 is 0 Å². The molecule has 1 aromatic heterocycles. The van der Waals surface area contributed by atoms with Crippen LogP contribution in [0.1, 0.15) is 8.77 Å². The second kappa shape index (κ2) is 9.55. The Morgan fingerprint density at radius 2 is 0.775 bits per heavy atom. The van der Waals surface area contributed by atoms with Gasteiger partial charge in [0, 0.05) is 12.1 Å². The molecular formula is C39H28O. The third-order valence-electron chi connectivity index (χ3n) is 7.88. The lowest BCUT2D eigenvalue weighted by Gasteiger charge is -2.18. The highest BCUT2D eigenvalue weighted by Crippen LogP contribution is 2.44. The fourth-order valence-electron chi connectivity index (χ4n) is 6.09. The van der Waals surface area contributed by atoms with E-state index in [9.17, 15) is 0 Å². The number of hydrogen-bond donors (Lipinski definition) is 0. The van der Waals surface area contributed by atoms with Crippen LogP contribution in [-0.2, 0) is 0 Å². The molecule has 0 aliphatic rings. The maximum absolute atomic E-state index is 6.04. The van der Waals surface area contributed by atoms with E-state index in [2.05, 4.69) is 133 Å². The molecule has 8 rings (SSSR count). The van der Waals surface area contributed by atoms with E-state index in [1.165, 1.54) is 62.3 Å². The van der Waals surface area contributed by atoms with Crippen LogP contribution in [0.25, 0.3) is 76.9 Å². The summed E-state index contributed by atoms with van der Waals surface area (Å²) < 4.78 is 11.8. The molecule has 0 aliphatic carbocycles. The van der Waals surface area contributed by atoms with E-state index in [4.69, 9.17) is 5.79 Å². The maximum Gasteiger partial charge on any atom is 0.135 e. The van der Waals surface area contributed by atoms with Crippen molar-refractivity contribution in [2.75, 3.05) is 0 Å². The van der Waals surface area contributed by atoms with Crippen LogP contribution in [0.15, 0.2) is 150 Å². The number of furan rings is 1. The first kappa shape index (κ1) is 22.8. The van der Waals surface area contributed by atoms with Crippen molar-refractivity contribution < 1.29 is 5.79 Å². The molecule has 8 aromatic rings. The Balaban J connectivity index is 0.00000135. The topological polar surface area (TPSA) is 13.1 Å². The van der Waals surface area contributed by atoms with Crippen molar-refractivity contribution in [1.82, 2.24) is 0 Å². The Labute approximate surface area is 235 Å². The first-order chi connectivity index (χ1) is 20.3. The van der Waals surface area contributed by atoms with E-state index in [0.717, 1.165) is 21.9 Å². The van der Waals surface area contributed by atoms with Gasteiger partial charge in [0.25, 0.3) is 0 Å².